The highest BCUT2D eigenvalue weighted by Crippen LogP contribution is 2.42. The summed E-state index contributed by atoms with van der Waals surface area (Å²) >= 11 is 0. The van der Waals surface area contributed by atoms with Gasteiger partial charge in [0.15, 0.2) is 31.1 Å². The normalized spacial score (nSPS) is 25.9. The number of rotatable bonds is 44. The average molecular weight is 1270 g/mol. The van der Waals surface area contributed by atoms with Gasteiger partial charge < -0.3 is 47.4 Å². The number of carbonyl (C=O) groups excluding carboxylic acids is 2. The van der Waals surface area contributed by atoms with E-state index < -0.39 is 73.4 Å². The third-order valence-electron chi connectivity index (χ3n) is 19.9. The summed E-state index contributed by atoms with van der Waals surface area (Å²) in [5.74, 6) is 3.95. The van der Waals surface area contributed by atoms with Crippen molar-refractivity contribution >= 4 is 11.9 Å². The Morgan fingerprint density at radius 1 is 0.473 bits per heavy atom. The van der Waals surface area contributed by atoms with Crippen LogP contribution < -0.4 is 0 Å². The van der Waals surface area contributed by atoms with E-state index in [0.717, 1.165) is 53.9 Å². The van der Waals surface area contributed by atoms with Gasteiger partial charge in [-0.25, -0.2) is 9.59 Å². The zero-order chi connectivity index (χ0) is 65.5. The molecule has 0 N–H and O–H groups in total. The van der Waals surface area contributed by atoms with Gasteiger partial charge >= 0.3 is 11.9 Å². The Balaban J connectivity index is 1.10. The summed E-state index contributed by atoms with van der Waals surface area (Å²) in [4.78, 5) is 28.1. The standard InChI is InChI=1S/C79H126O12/c1-14-69-71(91-79-74(89-76(81)66-44-20-16-21-45-66)64(13)72-70(87-79)54-85-77(90-72)67-46-22-17-23-47-67)63(12)73(88-75(80)65-42-18-15-19-43-65)78(86-69)84-53-68(83-51-49-62(11)41-29-39-60(9)37-27-35-58(7)33-25-31-56(4)5)52-82-50-48-61(10)40-28-38-59(8)36-26-34-57(6)32-24-30-55(2)3/h15-23,42-47,55-64,68-74,77-79H,14,24-41,48-54H2,1-13H3/t57?,58?,59?,60?,61?,62?,63-,64-,68?,69?,70?,71-,72+,73?,74?,77?,78+,79-/m0/s1. The maximum Gasteiger partial charge on any atom is 0.338 e. The second-order valence-electron chi connectivity index (χ2n) is 29.4. The third-order valence-corrected chi connectivity index (χ3v) is 19.9. The lowest BCUT2D eigenvalue weighted by atomic mass is 9.87. The molecule has 91 heavy (non-hydrogen) atoms. The fraction of sp³-hybridized carbons (Fsp3) is 0.747. The molecule has 12 nitrogen and oxygen atoms in total. The minimum Gasteiger partial charge on any atom is -0.453 e. The van der Waals surface area contributed by atoms with Crippen molar-refractivity contribution in [1.82, 2.24) is 0 Å². The van der Waals surface area contributed by atoms with E-state index in [0.29, 0.717) is 49.2 Å². The second-order valence-corrected chi connectivity index (χ2v) is 29.4. The van der Waals surface area contributed by atoms with Gasteiger partial charge in [0.25, 0.3) is 0 Å². The Labute approximate surface area is 552 Å². The maximum atomic E-state index is 14.2. The highest BCUT2D eigenvalue weighted by Gasteiger charge is 2.54. The van der Waals surface area contributed by atoms with Crippen molar-refractivity contribution < 1.29 is 57.0 Å². The molecule has 0 bridgehead atoms. The first kappa shape index (κ1) is 76.3. The fourth-order valence-electron chi connectivity index (χ4n) is 13.6. The van der Waals surface area contributed by atoms with Crippen LogP contribution in [0.25, 0.3) is 0 Å². The van der Waals surface area contributed by atoms with E-state index in [1.54, 1.807) is 24.3 Å². The van der Waals surface area contributed by atoms with Crippen molar-refractivity contribution in [3.8, 4) is 0 Å². The van der Waals surface area contributed by atoms with E-state index >= 15 is 0 Å². The molecule has 18 atom stereocenters. The molecule has 3 fully saturated rings. The molecular formula is C79H126O12. The molecule has 0 spiro atoms. The summed E-state index contributed by atoms with van der Waals surface area (Å²) in [5, 5.41) is 0. The molecule has 0 aromatic heterocycles. The number of benzene rings is 3. The van der Waals surface area contributed by atoms with Crippen molar-refractivity contribution in [2.45, 2.75) is 286 Å². The number of hydrogen-bond acceptors (Lipinski definition) is 12. The number of fused-ring (bicyclic) bond motifs is 1. The lowest BCUT2D eigenvalue weighted by molar-refractivity contribution is -0.374. The number of carbonyl (C=O) groups is 2. The molecule has 0 radical (unpaired) electrons. The molecule has 3 aliphatic heterocycles. The van der Waals surface area contributed by atoms with E-state index in [1.165, 1.54) is 116 Å². The van der Waals surface area contributed by atoms with Gasteiger partial charge in [-0.1, -0.05) is 272 Å². The summed E-state index contributed by atoms with van der Waals surface area (Å²) in [6.07, 6.45) is 18.9. The minimum atomic E-state index is -1.06. The molecular weight excluding hydrogens is 1140 g/mol. The van der Waals surface area contributed by atoms with Crippen LogP contribution in [0.5, 0.6) is 0 Å². The molecule has 514 valence electrons. The molecule has 3 aromatic rings. The quantitative estimate of drug-likeness (QED) is 0.0395. The van der Waals surface area contributed by atoms with E-state index in [-0.39, 0.29) is 25.2 Å². The van der Waals surface area contributed by atoms with Gasteiger partial charge in [-0.3, -0.25) is 0 Å². The average Bonchev–Trinajstić information content (AvgIpc) is 0.802. The van der Waals surface area contributed by atoms with Gasteiger partial charge in [0.05, 0.1) is 49.3 Å². The van der Waals surface area contributed by atoms with Crippen LogP contribution in [0.2, 0.25) is 0 Å². The van der Waals surface area contributed by atoms with E-state index in [1.807, 2.05) is 87.5 Å². The molecule has 6 rings (SSSR count). The van der Waals surface area contributed by atoms with Crippen LogP contribution in [0.4, 0.5) is 0 Å². The first-order valence-corrected chi connectivity index (χ1v) is 36.5. The van der Waals surface area contributed by atoms with E-state index in [2.05, 4.69) is 69.2 Å². The highest BCUT2D eigenvalue weighted by molar-refractivity contribution is 5.90. The minimum absolute atomic E-state index is 0.166. The van der Waals surface area contributed by atoms with Crippen molar-refractivity contribution in [3.63, 3.8) is 0 Å². The summed E-state index contributed by atoms with van der Waals surface area (Å²) < 4.78 is 66.8. The van der Waals surface area contributed by atoms with Gasteiger partial charge in [-0.15, -0.1) is 0 Å². The molecule has 12 heteroatoms. The molecule has 0 amide bonds. The summed E-state index contributed by atoms with van der Waals surface area (Å²) in [7, 11) is 0. The first-order valence-electron chi connectivity index (χ1n) is 36.5. The third kappa shape index (κ3) is 27.5. The smallest absolute Gasteiger partial charge is 0.338 e. The summed E-state index contributed by atoms with van der Waals surface area (Å²) in [6.45, 7) is 31.8. The molecule has 3 aliphatic rings. The SMILES string of the molecule is CCC1O[C@@H](OCC(COCCC(C)CCCC(C)CCCC(C)CCCC(C)C)OCCC(C)CCCC(C)CCCC(C)CCCC(C)C)C(OC(=O)c2ccccc2)[C@@H](C)[C@@H]1O[C@@H]1OC2COC(c3ccccc3)O[C@@H]2[C@H](C)C1OC(=O)c1ccccc1. The van der Waals surface area contributed by atoms with Crippen molar-refractivity contribution in [2.75, 3.05) is 33.0 Å². The zero-order valence-corrected chi connectivity index (χ0v) is 59.0. The van der Waals surface area contributed by atoms with Gasteiger partial charge in [0.1, 0.15) is 12.2 Å². The largest absolute Gasteiger partial charge is 0.453 e. The van der Waals surface area contributed by atoms with Crippen molar-refractivity contribution in [2.24, 2.45) is 59.2 Å². The first-order chi connectivity index (χ1) is 43.9. The highest BCUT2D eigenvalue weighted by atomic mass is 16.8. The topological polar surface area (TPSA) is 126 Å². The number of hydrogen-bond donors (Lipinski definition) is 0. The van der Waals surface area contributed by atoms with Crippen LogP contribution >= 0.6 is 0 Å². The number of esters is 2. The number of ether oxygens (including phenoxy) is 10. The predicted molar refractivity (Wildman–Crippen MR) is 366 cm³/mol. The zero-order valence-electron chi connectivity index (χ0n) is 59.0. The predicted octanol–water partition coefficient (Wildman–Crippen LogP) is 19.4. The van der Waals surface area contributed by atoms with Gasteiger partial charge in [-0.2, -0.15) is 0 Å². The van der Waals surface area contributed by atoms with E-state index in [4.69, 9.17) is 47.4 Å². The Hall–Kier alpha value is -3.72. The Kier molecular flexibility index (Phi) is 35.2. The van der Waals surface area contributed by atoms with Crippen LogP contribution in [0.1, 0.15) is 257 Å². The lowest BCUT2D eigenvalue weighted by Crippen LogP contribution is -2.63. The molecule has 3 saturated heterocycles. The monoisotopic (exact) mass is 1270 g/mol. The van der Waals surface area contributed by atoms with Crippen LogP contribution in [-0.2, 0) is 47.4 Å². The van der Waals surface area contributed by atoms with Gasteiger partial charge in [-0.05, 0) is 90.9 Å². The molecule has 3 heterocycles. The summed E-state index contributed by atoms with van der Waals surface area (Å²) in [5.41, 5.74) is 1.70. The fourth-order valence-corrected chi connectivity index (χ4v) is 13.6. The van der Waals surface area contributed by atoms with Gasteiger partial charge in [0.2, 0.25) is 0 Å². The Bertz CT molecular complexity index is 2370. The van der Waals surface area contributed by atoms with Crippen LogP contribution in [0.15, 0.2) is 91.0 Å². The second kappa shape index (κ2) is 42.0. The van der Waals surface area contributed by atoms with Gasteiger partial charge in [0, 0.05) is 30.6 Å². The Morgan fingerprint density at radius 2 is 0.901 bits per heavy atom. The van der Waals surface area contributed by atoms with Crippen LogP contribution in [0.3, 0.4) is 0 Å². The molecule has 3 aromatic carbocycles. The van der Waals surface area contributed by atoms with Crippen LogP contribution in [-0.4, -0.2) is 100 Å². The van der Waals surface area contributed by atoms with Crippen molar-refractivity contribution in [3.05, 3.63) is 108 Å². The summed E-state index contributed by atoms with van der Waals surface area (Å²) in [6, 6.07) is 27.7. The van der Waals surface area contributed by atoms with Crippen LogP contribution in [0, 0.1) is 59.2 Å². The maximum absolute atomic E-state index is 14.2. The molecule has 0 saturated carbocycles. The lowest BCUT2D eigenvalue weighted by Gasteiger charge is -2.50. The molecule has 0 aliphatic carbocycles. The Morgan fingerprint density at radius 3 is 1.36 bits per heavy atom. The van der Waals surface area contributed by atoms with Crippen molar-refractivity contribution in [1.29, 1.82) is 0 Å². The molecule has 12 unspecified atom stereocenters. The van der Waals surface area contributed by atoms with E-state index in [9.17, 15) is 9.59 Å².